The van der Waals surface area contributed by atoms with Gasteiger partial charge in [0.15, 0.2) is 0 Å². The van der Waals surface area contributed by atoms with Crippen LogP contribution in [0.1, 0.15) is 16.7 Å². The van der Waals surface area contributed by atoms with Crippen molar-refractivity contribution < 1.29 is 0 Å². The molecule has 5 rings (SSSR count). The van der Waals surface area contributed by atoms with Crippen LogP contribution in [0.25, 0.3) is 11.1 Å². The second kappa shape index (κ2) is 11.0. The van der Waals surface area contributed by atoms with Crippen molar-refractivity contribution in [3.63, 3.8) is 0 Å². The number of hydrogen-bond donors (Lipinski definition) is 0. The summed E-state index contributed by atoms with van der Waals surface area (Å²) in [7, 11) is -3.16. The van der Waals surface area contributed by atoms with E-state index in [0.717, 1.165) is 0 Å². The summed E-state index contributed by atoms with van der Waals surface area (Å²) in [6, 6.07) is 37.4. The molecule has 0 aliphatic heterocycles. The average Bonchev–Trinajstić information content (AvgIpc) is 3.16. The summed E-state index contributed by atoms with van der Waals surface area (Å²) >= 11 is 0. The van der Waals surface area contributed by atoms with Crippen molar-refractivity contribution in [1.29, 1.82) is 0 Å². The molecule has 0 heterocycles. The topological polar surface area (TPSA) is 0 Å². The lowest BCUT2D eigenvalue weighted by molar-refractivity contribution is 1.17. The Hall–Kier alpha value is -1.39. The molecule has 2 atom stereocenters. The molecule has 0 aromatic heterocycles. The quantitative estimate of drug-likeness (QED) is 0.136. The second-order valence-corrected chi connectivity index (χ2v) is 58.2. The zero-order chi connectivity index (χ0) is 28.9. The van der Waals surface area contributed by atoms with E-state index >= 15 is 0 Å². The van der Waals surface area contributed by atoms with Crippen molar-refractivity contribution in [1.82, 2.24) is 0 Å². The molecule has 0 amide bonds. The lowest BCUT2D eigenvalue weighted by Crippen LogP contribution is -2.85. The molecule has 0 N–H and O–H groups in total. The molecule has 6 heteroatoms. The number of rotatable bonds is 8. The van der Waals surface area contributed by atoms with Gasteiger partial charge >= 0.3 is 0 Å². The van der Waals surface area contributed by atoms with Crippen molar-refractivity contribution >= 4 is 67.8 Å². The van der Waals surface area contributed by atoms with Gasteiger partial charge in [-0.2, -0.15) is 0 Å². The van der Waals surface area contributed by atoms with Crippen LogP contribution in [0.5, 0.6) is 0 Å². The normalized spacial score (nSPS) is 16.2. The maximum absolute atomic E-state index is 2.76. The molecule has 4 aromatic carbocycles. The number of fused-ring (bicyclic) bond motifs is 3. The van der Waals surface area contributed by atoms with Gasteiger partial charge in [0.25, 0.3) is 0 Å². The van der Waals surface area contributed by atoms with Gasteiger partial charge in [0.05, 0.1) is 6.63 Å². The Morgan fingerprint density at radius 3 is 1.10 bits per heavy atom. The largest absolute Gasteiger partial charge is 0.0718 e. The summed E-state index contributed by atoms with van der Waals surface area (Å²) in [4.78, 5) is 0. The van der Waals surface area contributed by atoms with Crippen LogP contribution in [-0.2, 0) is 0 Å². The van der Waals surface area contributed by atoms with E-state index in [4.69, 9.17) is 0 Å². The first-order valence-corrected chi connectivity index (χ1v) is 32.2. The van der Waals surface area contributed by atoms with Crippen molar-refractivity contribution in [2.45, 2.75) is 64.5 Å². The molecule has 2 unspecified atom stereocenters. The summed E-state index contributed by atoms with van der Waals surface area (Å²) in [5, 5.41) is 5.87. The molecule has 0 nitrogen and oxygen atoms in total. The van der Waals surface area contributed by atoms with E-state index in [1.807, 2.05) is 0 Å². The molecule has 4 aromatic rings. The fourth-order valence-electron chi connectivity index (χ4n) is 8.93. The van der Waals surface area contributed by atoms with Crippen LogP contribution in [0.3, 0.4) is 0 Å². The van der Waals surface area contributed by atoms with E-state index in [-0.39, 0.29) is 0 Å². The highest BCUT2D eigenvalue weighted by atomic mass is 31.1. The Labute approximate surface area is 250 Å². The Morgan fingerprint density at radius 1 is 0.425 bits per heavy atom. The van der Waals surface area contributed by atoms with Gasteiger partial charge in [-0.3, -0.25) is 0 Å². The Morgan fingerprint density at radius 2 is 0.775 bits per heavy atom. The highest BCUT2D eigenvalue weighted by Gasteiger charge is 2.66. The minimum atomic E-state index is -1.78. The van der Waals surface area contributed by atoms with Gasteiger partial charge < -0.3 is 0 Å². The highest BCUT2D eigenvalue weighted by Crippen LogP contribution is 2.56. The van der Waals surface area contributed by atoms with E-state index in [0.29, 0.717) is 22.7 Å². The minimum Gasteiger partial charge on any atom is -0.0718 e. The summed E-state index contributed by atoms with van der Waals surface area (Å²) in [5.41, 5.74) is 7.07. The summed E-state index contributed by atoms with van der Waals surface area (Å²) in [6.07, 6.45) is 0. The van der Waals surface area contributed by atoms with Gasteiger partial charge in [-0.1, -0.05) is 173 Å². The third-order valence-corrected chi connectivity index (χ3v) is 84.5. The number of hydrogen-bond acceptors (Lipinski definition) is 0. The zero-order valence-corrected chi connectivity index (χ0v) is 31.8. The predicted molar refractivity (Wildman–Crippen MR) is 198 cm³/mol. The van der Waals surface area contributed by atoms with Gasteiger partial charge in [-0.25, -0.2) is 0 Å². The number of benzene rings is 4. The van der Waals surface area contributed by atoms with Crippen LogP contribution in [-0.4, -0.2) is 29.4 Å². The fraction of sp³-hybridized carbons (Fsp3) is 0.294. The third-order valence-electron chi connectivity index (χ3n) is 9.12. The van der Waals surface area contributed by atoms with Crippen LogP contribution in [0.15, 0.2) is 97.1 Å². The third kappa shape index (κ3) is 5.30. The molecule has 1 aliphatic carbocycles. The van der Waals surface area contributed by atoms with E-state index < -0.39 is 29.4 Å². The molecule has 0 radical (unpaired) electrons. The summed E-state index contributed by atoms with van der Waals surface area (Å²) in [5.74, 6) is 0. The van der Waals surface area contributed by atoms with Gasteiger partial charge in [0.1, 0.15) is 0 Å². The predicted octanol–water partition coefficient (Wildman–Crippen LogP) is 8.30. The first-order valence-electron chi connectivity index (χ1n) is 14.7. The van der Waals surface area contributed by atoms with Gasteiger partial charge in [-0.15, -0.1) is 0 Å². The SMILES string of the molecule is C[Si](C)(C)[Si](C1c2cc(Pc3ccccc3)ccc2-c2ccc(Pc3ccccc3)cc21)([Si](C)(C)C)[Si](C)(C)C. The molecular formula is C34H46P2Si4. The van der Waals surface area contributed by atoms with Crippen molar-refractivity contribution in [3.05, 3.63) is 108 Å². The maximum atomic E-state index is 2.76. The molecule has 0 spiro atoms. The lowest BCUT2D eigenvalue weighted by atomic mass is 10.1. The van der Waals surface area contributed by atoms with E-state index in [1.54, 1.807) is 11.1 Å². The Balaban J connectivity index is 1.76. The maximum Gasteiger partial charge on any atom is 0.0510 e. The molecule has 0 saturated heterocycles. The summed E-state index contributed by atoms with van der Waals surface area (Å²) in [6.45, 7) is 23.1. The van der Waals surface area contributed by atoms with Crippen molar-refractivity contribution in [2.24, 2.45) is 0 Å². The van der Waals surface area contributed by atoms with E-state index in [1.165, 1.54) is 32.3 Å². The Bertz CT molecular complexity index is 1370. The molecule has 1 aliphatic rings. The van der Waals surface area contributed by atoms with Gasteiger partial charge in [0, 0.05) is 22.8 Å². The van der Waals surface area contributed by atoms with Crippen LogP contribution in [0, 0.1) is 0 Å². The zero-order valence-electron chi connectivity index (χ0n) is 25.8. The van der Waals surface area contributed by atoms with Crippen LogP contribution >= 0.6 is 17.2 Å². The van der Waals surface area contributed by atoms with Crippen molar-refractivity contribution in [2.75, 3.05) is 0 Å². The monoisotopic (exact) mass is 628 g/mol. The molecule has 0 fully saturated rings. The van der Waals surface area contributed by atoms with Crippen molar-refractivity contribution in [3.8, 4) is 11.1 Å². The molecule has 40 heavy (non-hydrogen) atoms. The fourth-order valence-corrected chi connectivity index (χ4v) is 113. The molecular weight excluding hydrogens is 583 g/mol. The Kier molecular flexibility index (Phi) is 8.29. The first-order chi connectivity index (χ1) is 18.7. The summed E-state index contributed by atoms with van der Waals surface area (Å²) < 4.78 is 0. The van der Waals surface area contributed by atoms with Crippen LogP contribution in [0.4, 0.5) is 0 Å². The minimum absolute atomic E-state index is 0.628. The molecule has 0 saturated carbocycles. The molecule has 208 valence electrons. The average molecular weight is 629 g/mol. The van der Waals surface area contributed by atoms with Crippen LogP contribution in [0.2, 0.25) is 58.9 Å². The van der Waals surface area contributed by atoms with E-state index in [9.17, 15) is 0 Å². The smallest absolute Gasteiger partial charge is 0.0510 e. The molecule has 0 bridgehead atoms. The van der Waals surface area contributed by atoms with E-state index in [2.05, 4.69) is 156 Å². The standard InChI is InChI=1S/C34H46P2Si4/c1-37(2,3)40(38(4,5)6,39(7,8)9)34-32-24-28(35-26-16-12-10-13-17-26)20-22-30(32)31-23-21-29(25-33(31)34)36-27-18-14-11-15-19-27/h10-25,34-36H,1-9H3. The second-order valence-electron chi connectivity index (χ2n) is 14.6. The first kappa shape index (κ1) is 30.1. The van der Waals surface area contributed by atoms with Gasteiger partial charge in [-0.05, 0) is 49.0 Å². The lowest BCUT2D eigenvalue weighted by Gasteiger charge is -2.61. The van der Waals surface area contributed by atoms with Gasteiger partial charge in [0.2, 0.25) is 0 Å². The van der Waals surface area contributed by atoms with Crippen LogP contribution < -0.4 is 21.2 Å². The highest BCUT2D eigenvalue weighted by molar-refractivity contribution is 7.89.